The lowest BCUT2D eigenvalue weighted by molar-refractivity contribution is -0.385. The summed E-state index contributed by atoms with van der Waals surface area (Å²) >= 11 is 6.13. The van der Waals surface area contributed by atoms with Gasteiger partial charge in [0.15, 0.2) is 0 Å². The molecule has 0 amide bonds. The van der Waals surface area contributed by atoms with E-state index in [1.807, 2.05) is 0 Å². The first-order chi connectivity index (χ1) is 9.45. The number of nitrogens with one attached hydrogen (secondary N) is 1. The van der Waals surface area contributed by atoms with E-state index in [0.29, 0.717) is 11.3 Å². The summed E-state index contributed by atoms with van der Waals surface area (Å²) in [5.74, 6) is 0.575. The number of nitrogens with zero attached hydrogens (tertiary/aromatic N) is 1. The summed E-state index contributed by atoms with van der Waals surface area (Å²) in [5.41, 5.74) is 0.0646. The van der Waals surface area contributed by atoms with Crippen LogP contribution in [-0.2, 0) is 0 Å². The maximum absolute atomic E-state index is 11.6. The molecule has 0 atom stereocenters. The molecule has 1 heterocycles. The Morgan fingerprint density at radius 2 is 2.05 bits per heavy atom. The molecule has 0 aliphatic rings. The third-order valence-electron chi connectivity index (χ3n) is 2.89. The van der Waals surface area contributed by atoms with Gasteiger partial charge in [-0.25, -0.2) is 0 Å². The van der Waals surface area contributed by atoms with E-state index in [9.17, 15) is 14.9 Å². The fraction of sp³-hybridized carbons (Fsp3) is 0.154. The topological polar surface area (TPSA) is 85.2 Å². The molecule has 6 nitrogen and oxygen atoms in total. The SMILES string of the molecule is COc1cc(Cl)c(-c2cc[nH]c(=O)c2[N+](=O)[O-])cc1C. The monoisotopic (exact) mass is 294 g/mol. The van der Waals surface area contributed by atoms with E-state index >= 15 is 0 Å². The van der Waals surface area contributed by atoms with Crippen LogP contribution >= 0.6 is 11.6 Å². The van der Waals surface area contributed by atoms with Gasteiger partial charge in [-0.1, -0.05) is 11.6 Å². The zero-order valence-electron chi connectivity index (χ0n) is 10.8. The van der Waals surface area contributed by atoms with E-state index in [1.165, 1.54) is 19.4 Å². The number of methoxy groups -OCH3 is 1. The van der Waals surface area contributed by atoms with Crippen LogP contribution in [0.2, 0.25) is 5.02 Å². The summed E-state index contributed by atoms with van der Waals surface area (Å²) in [6.07, 6.45) is 1.35. The van der Waals surface area contributed by atoms with Crippen LogP contribution in [0, 0.1) is 17.0 Å². The number of halogens is 1. The Hall–Kier alpha value is -2.34. The van der Waals surface area contributed by atoms with Crippen molar-refractivity contribution in [2.75, 3.05) is 7.11 Å². The third-order valence-corrected chi connectivity index (χ3v) is 3.20. The van der Waals surface area contributed by atoms with Crippen LogP contribution in [0.15, 0.2) is 29.2 Å². The highest BCUT2D eigenvalue weighted by molar-refractivity contribution is 6.33. The molecule has 1 aromatic heterocycles. The van der Waals surface area contributed by atoms with E-state index in [-0.39, 0.29) is 10.6 Å². The van der Waals surface area contributed by atoms with Gasteiger partial charge in [-0.05, 0) is 30.7 Å². The average molecular weight is 295 g/mol. The second-order valence-corrected chi connectivity index (χ2v) is 4.54. The van der Waals surface area contributed by atoms with Crippen LogP contribution in [0.5, 0.6) is 5.75 Å². The second-order valence-electron chi connectivity index (χ2n) is 4.13. The van der Waals surface area contributed by atoms with Gasteiger partial charge in [0.2, 0.25) is 0 Å². The number of aromatic nitrogens is 1. The molecule has 2 rings (SSSR count). The van der Waals surface area contributed by atoms with Crippen molar-refractivity contribution in [1.82, 2.24) is 4.98 Å². The number of H-pyrrole nitrogens is 1. The lowest BCUT2D eigenvalue weighted by Crippen LogP contribution is -2.12. The minimum Gasteiger partial charge on any atom is -0.496 e. The fourth-order valence-electron chi connectivity index (χ4n) is 1.96. The van der Waals surface area contributed by atoms with E-state index in [4.69, 9.17) is 16.3 Å². The molecule has 0 fully saturated rings. The minimum absolute atomic E-state index is 0.175. The van der Waals surface area contributed by atoms with Crippen LogP contribution in [-0.4, -0.2) is 17.0 Å². The van der Waals surface area contributed by atoms with Crippen molar-refractivity contribution in [2.24, 2.45) is 0 Å². The zero-order valence-corrected chi connectivity index (χ0v) is 11.5. The van der Waals surface area contributed by atoms with Gasteiger partial charge in [-0.15, -0.1) is 0 Å². The summed E-state index contributed by atoms with van der Waals surface area (Å²) in [5, 5.41) is 11.3. The van der Waals surface area contributed by atoms with Gasteiger partial charge >= 0.3 is 11.2 Å². The molecule has 0 radical (unpaired) electrons. The molecule has 1 N–H and O–H groups in total. The second kappa shape index (κ2) is 5.34. The Labute approximate surface area is 119 Å². The maximum Gasteiger partial charge on any atom is 0.341 e. The van der Waals surface area contributed by atoms with Gasteiger partial charge in [0.1, 0.15) is 5.75 Å². The Balaban J connectivity index is 2.76. The quantitative estimate of drug-likeness (QED) is 0.696. The van der Waals surface area contributed by atoms with E-state index in [1.54, 1.807) is 19.1 Å². The largest absolute Gasteiger partial charge is 0.496 e. The Kier molecular flexibility index (Phi) is 3.76. The average Bonchev–Trinajstić information content (AvgIpc) is 2.40. The third kappa shape index (κ3) is 2.37. The lowest BCUT2D eigenvalue weighted by Gasteiger charge is -2.10. The number of rotatable bonds is 3. The van der Waals surface area contributed by atoms with Gasteiger partial charge in [0.25, 0.3) is 0 Å². The number of ether oxygens (including phenoxy) is 1. The molecular formula is C13H11ClN2O4. The summed E-state index contributed by atoms with van der Waals surface area (Å²) in [6.45, 7) is 1.79. The molecule has 0 aliphatic heterocycles. The summed E-state index contributed by atoms with van der Waals surface area (Å²) in [6, 6.07) is 4.67. The summed E-state index contributed by atoms with van der Waals surface area (Å²) in [7, 11) is 1.51. The van der Waals surface area contributed by atoms with Crippen LogP contribution in [0.3, 0.4) is 0 Å². The predicted molar refractivity (Wildman–Crippen MR) is 75.5 cm³/mol. The number of nitro groups is 1. The van der Waals surface area contributed by atoms with E-state index in [0.717, 1.165) is 5.56 Å². The normalized spacial score (nSPS) is 10.3. The summed E-state index contributed by atoms with van der Waals surface area (Å²) < 4.78 is 5.13. The lowest BCUT2D eigenvalue weighted by atomic mass is 10.0. The molecule has 104 valence electrons. The van der Waals surface area contributed by atoms with Crippen LogP contribution in [0.1, 0.15) is 5.56 Å². The highest BCUT2D eigenvalue weighted by Crippen LogP contribution is 2.36. The van der Waals surface area contributed by atoms with E-state index in [2.05, 4.69) is 4.98 Å². The Morgan fingerprint density at radius 1 is 1.35 bits per heavy atom. The molecule has 0 unspecified atom stereocenters. The number of hydrogen-bond donors (Lipinski definition) is 1. The Bertz CT molecular complexity index is 740. The van der Waals surface area contributed by atoms with Crippen molar-refractivity contribution in [2.45, 2.75) is 6.92 Å². The van der Waals surface area contributed by atoms with Gasteiger partial charge in [-0.2, -0.15) is 0 Å². The molecule has 0 bridgehead atoms. The molecular weight excluding hydrogens is 284 g/mol. The maximum atomic E-state index is 11.6. The van der Waals surface area contributed by atoms with Gasteiger partial charge in [0.05, 0.1) is 22.6 Å². The molecule has 7 heteroatoms. The highest BCUT2D eigenvalue weighted by Gasteiger charge is 2.22. The molecule has 0 saturated heterocycles. The van der Waals surface area contributed by atoms with Crippen molar-refractivity contribution in [3.05, 3.63) is 55.5 Å². The van der Waals surface area contributed by atoms with Gasteiger partial charge < -0.3 is 9.72 Å². The van der Waals surface area contributed by atoms with Crippen molar-refractivity contribution in [3.63, 3.8) is 0 Å². The van der Waals surface area contributed by atoms with Crippen molar-refractivity contribution in [1.29, 1.82) is 0 Å². The molecule has 0 spiro atoms. The minimum atomic E-state index is -0.767. The smallest absolute Gasteiger partial charge is 0.341 e. The van der Waals surface area contributed by atoms with E-state index < -0.39 is 16.2 Å². The molecule has 0 saturated carbocycles. The fourth-order valence-corrected chi connectivity index (χ4v) is 2.21. The Morgan fingerprint density at radius 3 is 2.65 bits per heavy atom. The molecule has 2 aromatic rings. The van der Waals surface area contributed by atoms with Crippen LogP contribution in [0.4, 0.5) is 5.69 Å². The number of aryl methyl sites for hydroxylation is 1. The molecule has 20 heavy (non-hydrogen) atoms. The van der Waals surface area contributed by atoms with Crippen LogP contribution < -0.4 is 10.3 Å². The number of hydrogen-bond acceptors (Lipinski definition) is 4. The standard InChI is InChI=1S/C13H11ClN2O4/c1-7-5-9(10(14)6-11(7)20-2)8-3-4-15-13(17)12(8)16(18)19/h3-6H,1-2H3,(H,15,17). The molecule has 0 aliphatic carbocycles. The number of benzene rings is 1. The number of aromatic amines is 1. The van der Waals surface area contributed by atoms with Crippen LogP contribution in [0.25, 0.3) is 11.1 Å². The zero-order chi connectivity index (χ0) is 14.9. The van der Waals surface area contributed by atoms with Gasteiger partial charge in [-0.3, -0.25) is 14.9 Å². The first kappa shape index (κ1) is 14.1. The van der Waals surface area contributed by atoms with Crippen molar-refractivity contribution in [3.8, 4) is 16.9 Å². The highest BCUT2D eigenvalue weighted by atomic mass is 35.5. The predicted octanol–water partition coefficient (Wildman–Crippen LogP) is 2.92. The molecule has 1 aromatic carbocycles. The van der Waals surface area contributed by atoms with Gasteiger partial charge in [0, 0.05) is 11.8 Å². The first-order valence-electron chi connectivity index (χ1n) is 5.66. The summed E-state index contributed by atoms with van der Waals surface area (Å²) in [4.78, 5) is 24.2. The number of pyridine rings is 1. The van der Waals surface area contributed by atoms with Crippen molar-refractivity contribution < 1.29 is 9.66 Å². The van der Waals surface area contributed by atoms with Crippen molar-refractivity contribution >= 4 is 17.3 Å². The first-order valence-corrected chi connectivity index (χ1v) is 6.04.